The molecule has 0 amide bonds. The second-order valence-electron chi connectivity index (χ2n) is 3.82. The molecule has 0 aliphatic rings. The monoisotopic (exact) mass is 246 g/mol. The van der Waals surface area contributed by atoms with Crippen molar-refractivity contribution in [3.05, 3.63) is 40.6 Å². The number of hydrogen-bond acceptors (Lipinski definition) is 5. The summed E-state index contributed by atoms with van der Waals surface area (Å²) in [4.78, 5) is 14.7. The number of hydrogen-bond donors (Lipinski definition) is 2. The average molecular weight is 246 g/mol. The van der Waals surface area contributed by atoms with Gasteiger partial charge in [-0.25, -0.2) is 4.98 Å². The molecule has 1 aromatic heterocycles. The molecule has 6 heteroatoms. The summed E-state index contributed by atoms with van der Waals surface area (Å²) in [5.41, 5.74) is 1.28. The van der Waals surface area contributed by atoms with E-state index in [9.17, 15) is 10.1 Å². The minimum Gasteiger partial charge on any atom is -0.378 e. The van der Waals surface area contributed by atoms with E-state index in [1.807, 2.05) is 31.3 Å². The maximum Gasteiger partial charge on any atom is 0.311 e. The molecule has 0 aliphatic heterocycles. The highest BCUT2D eigenvalue weighted by Crippen LogP contribution is 2.30. The van der Waals surface area contributed by atoms with Gasteiger partial charge in [0, 0.05) is 18.5 Å². The first kappa shape index (κ1) is 12.3. The molecule has 0 aliphatic carbocycles. The summed E-state index contributed by atoms with van der Waals surface area (Å²) in [6.45, 7) is 1.35. The van der Waals surface area contributed by atoms with Crippen molar-refractivity contribution in [3.63, 3.8) is 0 Å². The maximum absolute atomic E-state index is 11.0. The third kappa shape index (κ3) is 2.38. The summed E-state index contributed by atoms with van der Waals surface area (Å²) in [7, 11) is 1.83. The van der Waals surface area contributed by atoms with Crippen molar-refractivity contribution in [1.29, 1.82) is 0 Å². The van der Waals surface area contributed by atoms with E-state index in [4.69, 9.17) is 0 Å². The van der Waals surface area contributed by atoms with E-state index < -0.39 is 4.92 Å². The van der Waals surface area contributed by atoms with Crippen molar-refractivity contribution in [1.82, 2.24) is 10.3 Å². The van der Waals surface area contributed by atoms with E-state index >= 15 is 0 Å². The Kier molecular flexibility index (Phi) is 3.69. The summed E-state index contributed by atoms with van der Waals surface area (Å²) in [6, 6.07) is 7.37. The molecule has 0 spiro atoms. The Hall–Kier alpha value is -2.21. The number of anilines is 1. The number of benzene rings is 1. The highest BCUT2D eigenvalue weighted by Gasteiger charge is 2.17. The summed E-state index contributed by atoms with van der Waals surface area (Å²) < 4.78 is 0. The number of likely N-dealkylation sites (N-methyl/N-ethyl adjacent to an activating group) is 1. The lowest BCUT2D eigenvalue weighted by molar-refractivity contribution is -0.384. The van der Waals surface area contributed by atoms with Gasteiger partial charge in [0.25, 0.3) is 0 Å². The Bertz CT molecular complexity index is 571. The van der Waals surface area contributed by atoms with Crippen LogP contribution in [0, 0.1) is 10.1 Å². The fourth-order valence-corrected chi connectivity index (χ4v) is 1.77. The molecule has 1 aromatic carbocycles. The van der Waals surface area contributed by atoms with Gasteiger partial charge in [-0.3, -0.25) is 10.1 Å². The van der Waals surface area contributed by atoms with Crippen molar-refractivity contribution in [2.75, 3.05) is 25.5 Å². The van der Waals surface area contributed by atoms with Crippen LogP contribution in [0.3, 0.4) is 0 Å². The molecule has 0 bridgehead atoms. The molecule has 18 heavy (non-hydrogen) atoms. The Morgan fingerprint density at radius 1 is 1.33 bits per heavy atom. The van der Waals surface area contributed by atoms with Crippen LogP contribution in [-0.2, 0) is 0 Å². The molecule has 1 heterocycles. The smallest absolute Gasteiger partial charge is 0.311 e. The first-order valence-corrected chi connectivity index (χ1v) is 5.64. The molecule has 0 unspecified atom stereocenters. The van der Waals surface area contributed by atoms with Crippen molar-refractivity contribution in [3.8, 4) is 0 Å². The van der Waals surface area contributed by atoms with Gasteiger partial charge in [0.15, 0.2) is 0 Å². The van der Waals surface area contributed by atoms with Crippen molar-refractivity contribution in [2.45, 2.75) is 0 Å². The number of nitrogens with zero attached hydrogens (tertiary/aromatic N) is 2. The number of nitrogens with one attached hydrogen (secondary N) is 2. The van der Waals surface area contributed by atoms with Gasteiger partial charge in [0.1, 0.15) is 11.9 Å². The van der Waals surface area contributed by atoms with Gasteiger partial charge in [-0.1, -0.05) is 18.2 Å². The Morgan fingerprint density at radius 2 is 2.11 bits per heavy atom. The second kappa shape index (κ2) is 5.42. The molecule has 0 radical (unpaired) electrons. The number of fused-ring (bicyclic) bond motifs is 1. The molecule has 2 aromatic rings. The number of para-hydroxylation sites is 1. The van der Waals surface area contributed by atoms with Crippen molar-refractivity contribution in [2.24, 2.45) is 0 Å². The maximum atomic E-state index is 11.0. The van der Waals surface area contributed by atoms with Gasteiger partial charge in [-0.15, -0.1) is 0 Å². The van der Waals surface area contributed by atoms with E-state index in [2.05, 4.69) is 15.6 Å². The summed E-state index contributed by atoms with van der Waals surface area (Å²) >= 11 is 0. The van der Waals surface area contributed by atoms with Gasteiger partial charge < -0.3 is 10.6 Å². The number of aromatic nitrogens is 1. The first-order chi connectivity index (χ1) is 8.74. The summed E-state index contributed by atoms with van der Waals surface area (Å²) in [6.07, 6.45) is 1.30. The van der Waals surface area contributed by atoms with Gasteiger partial charge in [0.05, 0.1) is 10.4 Å². The quantitative estimate of drug-likeness (QED) is 0.477. The standard InChI is InChI=1S/C12H14N4O2/c1-13-6-7-14-12-9-4-2-3-5-10(9)15-8-11(12)16(17)18/h2-5,8,13H,6-7H2,1H3,(H,14,15). The minimum atomic E-state index is -0.416. The number of nitro groups is 1. The molecule has 2 N–H and O–H groups in total. The zero-order chi connectivity index (χ0) is 13.0. The molecule has 0 saturated heterocycles. The normalized spacial score (nSPS) is 10.5. The highest BCUT2D eigenvalue weighted by atomic mass is 16.6. The van der Waals surface area contributed by atoms with Crippen LogP contribution >= 0.6 is 0 Å². The van der Waals surface area contributed by atoms with E-state index in [-0.39, 0.29) is 5.69 Å². The fraction of sp³-hybridized carbons (Fsp3) is 0.250. The molecule has 0 atom stereocenters. The molecule has 6 nitrogen and oxygen atoms in total. The summed E-state index contributed by atoms with van der Waals surface area (Å²) in [5, 5.41) is 17.9. The van der Waals surface area contributed by atoms with Crippen LogP contribution in [0.5, 0.6) is 0 Å². The molecular formula is C12H14N4O2. The van der Waals surface area contributed by atoms with Crippen LogP contribution < -0.4 is 10.6 Å². The molecule has 0 saturated carbocycles. The molecular weight excluding hydrogens is 232 g/mol. The predicted octanol–water partition coefficient (Wildman–Crippen LogP) is 1.77. The first-order valence-electron chi connectivity index (χ1n) is 5.64. The van der Waals surface area contributed by atoms with Crippen LogP contribution in [0.2, 0.25) is 0 Å². The lowest BCUT2D eigenvalue weighted by atomic mass is 10.1. The Morgan fingerprint density at radius 3 is 2.83 bits per heavy atom. The molecule has 0 fully saturated rings. The van der Waals surface area contributed by atoms with Crippen LogP contribution in [-0.4, -0.2) is 30.0 Å². The van der Waals surface area contributed by atoms with Gasteiger partial charge >= 0.3 is 5.69 Å². The van der Waals surface area contributed by atoms with E-state index in [1.54, 1.807) is 0 Å². The predicted molar refractivity (Wildman–Crippen MR) is 70.8 cm³/mol. The van der Waals surface area contributed by atoms with Gasteiger partial charge in [-0.05, 0) is 13.1 Å². The van der Waals surface area contributed by atoms with Gasteiger partial charge in [0.2, 0.25) is 0 Å². The fourth-order valence-electron chi connectivity index (χ4n) is 1.77. The lowest BCUT2D eigenvalue weighted by Crippen LogP contribution is -2.18. The lowest BCUT2D eigenvalue weighted by Gasteiger charge is -2.09. The van der Waals surface area contributed by atoms with E-state index in [0.29, 0.717) is 12.2 Å². The number of pyridine rings is 1. The number of rotatable bonds is 5. The van der Waals surface area contributed by atoms with E-state index in [0.717, 1.165) is 17.4 Å². The molecule has 94 valence electrons. The third-order valence-corrected chi connectivity index (χ3v) is 2.63. The zero-order valence-corrected chi connectivity index (χ0v) is 10.0. The highest BCUT2D eigenvalue weighted by molar-refractivity contribution is 5.95. The Balaban J connectivity index is 2.48. The van der Waals surface area contributed by atoms with Crippen LogP contribution in [0.15, 0.2) is 30.5 Å². The van der Waals surface area contributed by atoms with Crippen molar-refractivity contribution >= 4 is 22.3 Å². The van der Waals surface area contributed by atoms with Crippen molar-refractivity contribution < 1.29 is 4.92 Å². The topological polar surface area (TPSA) is 80.1 Å². The SMILES string of the molecule is CNCCNc1c([N+](=O)[O-])cnc2ccccc12. The van der Waals surface area contributed by atoms with Gasteiger partial charge in [-0.2, -0.15) is 0 Å². The van der Waals surface area contributed by atoms with E-state index in [1.165, 1.54) is 6.20 Å². The second-order valence-corrected chi connectivity index (χ2v) is 3.82. The summed E-state index contributed by atoms with van der Waals surface area (Å²) in [5.74, 6) is 0. The van der Waals surface area contributed by atoms with Crippen LogP contribution in [0.1, 0.15) is 0 Å². The largest absolute Gasteiger partial charge is 0.378 e. The van der Waals surface area contributed by atoms with Crippen LogP contribution in [0.4, 0.5) is 11.4 Å². The molecule has 2 rings (SSSR count). The third-order valence-electron chi connectivity index (χ3n) is 2.63. The average Bonchev–Trinajstić information content (AvgIpc) is 2.38. The zero-order valence-electron chi connectivity index (χ0n) is 10.0. The van der Waals surface area contributed by atoms with Crippen LogP contribution in [0.25, 0.3) is 10.9 Å². The minimum absolute atomic E-state index is 0.00445. The Labute approximate surface area is 104 Å².